The van der Waals surface area contributed by atoms with Crippen LogP contribution in [0, 0.1) is 17.0 Å². The lowest BCUT2D eigenvalue weighted by Gasteiger charge is -2.07. The minimum Gasteiger partial charge on any atom is -0.508 e. The Bertz CT molecular complexity index is 941. The Kier molecular flexibility index (Phi) is 3.14. The highest BCUT2D eigenvalue weighted by Gasteiger charge is 2.14. The first-order valence-electron chi connectivity index (χ1n) is 6.48. The van der Waals surface area contributed by atoms with Crippen molar-refractivity contribution in [2.24, 2.45) is 0 Å². The Morgan fingerprint density at radius 3 is 2.45 bits per heavy atom. The number of hydrogen-bond acceptors (Lipinski definition) is 5. The van der Waals surface area contributed by atoms with Crippen LogP contribution in [0.3, 0.4) is 0 Å². The minimum atomic E-state index is -0.495. The lowest BCUT2D eigenvalue weighted by Crippen LogP contribution is -2.07. The summed E-state index contributed by atoms with van der Waals surface area (Å²) in [6, 6.07) is 10.0. The van der Waals surface area contributed by atoms with Crippen molar-refractivity contribution >= 4 is 16.7 Å². The summed E-state index contributed by atoms with van der Waals surface area (Å²) in [7, 11) is 0. The average Bonchev–Trinajstić information content (AvgIpc) is 2.51. The topological polar surface area (TPSA) is 93.6 Å². The first-order chi connectivity index (χ1) is 10.5. The molecule has 0 unspecified atom stereocenters. The first kappa shape index (κ1) is 13.8. The molecular formula is C16H11NO5. The van der Waals surface area contributed by atoms with E-state index >= 15 is 0 Å². The van der Waals surface area contributed by atoms with E-state index in [9.17, 15) is 20.0 Å². The smallest absolute Gasteiger partial charge is 0.269 e. The van der Waals surface area contributed by atoms with E-state index in [2.05, 4.69) is 0 Å². The van der Waals surface area contributed by atoms with Gasteiger partial charge in [-0.1, -0.05) is 0 Å². The molecule has 0 fully saturated rings. The number of non-ortho nitro benzene ring substituents is 1. The molecule has 0 amide bonds. The molecule has 1 N–H and O–H groups in total. The van der Waals surface area contributed by atoms with Crippen LogP contribution >= 0.6 is 0 Å². The second-order valence-corrected chi connectivity index (χ2v) is 4.87. The second-order valence-electron chi connectivity index (χ2n) is 4.87. The number of phenols is 1. The van der Waals surface area contributed by atoms with Gasteiger partial charge in [0.05, 0.1) is 10.3 Å². The third kappa shape index (κ3) is 2.20. The third-order valence-corrected chi connectivity index (χ3v) is 3.44. The maximum absolute atomic E-state index is 12.4. The van der Waals surface area contributed by atoms with Crippen molar-refractivity contribution < 1.29 is 14.4 Å². The van der Waals surface area contributed by atoms with Crippen molar-refractivity contribution in [3.05, 3.63) is 68.4 Å². The van der Waals surface area contributed by atoms with Gasteiger partial charge in [0, 0.05) is 29.3 Å². The molecule has 0 saturated heterocycles. The van der Waals surface area contributed by atoms with Crippen molar-refractivity contribution in [2.75, 3.05) is 0 Å². The highest BCUT2D eigenvalue weighted by molar-refractivity contribution is 5.81. The van der Waals surface area contributed by atoms with E-state index < -0.39 is 4.92 Å². The lowest BCUT2D eigenvalue weighted by atomic mass is 10.1. The van der Waals surface area contributed by atoms with Crippen LogP contribution in [0.2, 0.25) is 0 Å². The van der Waals surface area contributed by atoms with Gasteiger partial charge < -0.3 is 9.52 Å². The van der Waals surface area contributed by atoms with Crippen LogP contribution in [0.15, 0.2) is 51.7 Å². The summed E-state index contributed by atoms with van der Waals surface area (Å²) in [5.41, 5.74) is 0.998. The van der Waals surface area contributed by atoms with Crippen LogP contribution in [-0.4, -0.2) is 10.0 Å². The number of nitro groups is 1. The van der Waals surface area contributed by atoms with Gasteiger partial charge in [-0.2, -0.15) is 0 Å². The fourth-order valence-electron chi connectivity index (χ4n) is 2.28. The summed E-state index contributed by atoms with van der Waals surface area (Å²) in [4.78, 5) is 22.6. The third-order valence-electron chi connectivity index (χ3n) is 3.44. The quantitative estimate of drug-likeness (QED) is 0.578. The number of aromatic hydroxyl groups is 1. The van der Waals surface area contributed by atoms with Gasteiger partial charge in [0.15, 0.2) is 5.43 Å². The summed E-state index contributed by atoms with van der Waals surface area (Å²) in [5, 5.41) is 20.6. The van der Waals surface area contributed by atoms with Crippen molar-refractivity contribution in [2.45, 2.75) is 6.92 Å². The van der Waals surface area contributed by atoms with Gasteiger partial charge in [0.2, 0.25) is 0 Å². The molecule has 0 spiro atoms. The maximum Gasteiger partial charge on any atom is 0.269 e. The van der Waals surface area contributed by atoms with Gasteiger partial charge in [-0.05, 0) is 31.2 Å². The zero-order valence-corrected chi connectivity index (χ0v) is 11.6. The summed E-state index contributed by atoms with van der Waals surface area (Å²) in [6.07, 6.45) is 0. The molecule has 0 aliphatic heterocycles. The van der Waals surface area contributed by atoms with Crippen LogP contribution < -0.4 is 5.43 Å². The van der Waals surface area contributed by atoms with Crippen LogP contribution in [0.5, 0.6) is 5.75 Å². The summed E-state index contributed by atoms with van der Waals surface area (Å²) >= 11 is 0. The largest absolute Gasteiger partial charge is 0.508 e. The zero-order valence-electron chi connectivity index (χ0n) is 11.6. The molecule has 22 heavy (non-hydrogen) atoms. The number of benzene rings is 2. The molecule has 3 rings (SSSR count). The SMILES string of the molecule is Cc1c(-c2ccc([N+](=O)[O-])cc2)oc2cc(O)ccc2c1=O. The van der Waals surface area contributed by atoms with E-state index in [1.54, 1.807) is 6.92 Å². The molecule has 1 aromatic heterocycles. The second kappa shape index (κ2) is 5.00. The minimum absolute atomic E-state index is 0.00541. The molecule has 0 aliphatic rings. The van der Waals surface area contributed by atoms with Gasteiger partial charge in [0.1, 0.15) is 17.1 Å². The van der Waals surface area contributed by atoms with E-state index in [4.69, 9.17) is 4.42 Å². The van der Waals surface area contributed by atoms with Gasteiger partial charge in [-0.15, -0.1) is 0 Å². The predicted octanol–water partition coefficient (Wildman–Crippen LogP) is 3.38. The fraction of sp³-hybridized carbons (Fsp3) is 0.0625. The van der Waals surface area contributed by atoms with E-state index in [-0.39, 0.29) is 22.4 Å². The number of fused-ring (bicyclic) bond motifs is 1. The number of phenolic OH excluding ortho intramolecular Hbond substituents is 1. The zero-order chi connectivity index (χ0) is 15.9. The molecule has 0 saturated carbocycles. The molecule has 2 aromatic carbocycles. The van der Waals surface area contributed by atoms with Crippen molar-refractivity contribution in [1.82, 2.24) is 0 Å². The first-order valence-corrected chi connectivity index (χ1v) is 6.48. The summed E-state index contributed by atoms with van der Waals surface area (Å²) in [6.45, 7) is 1.63. The Morgan fingerprint density at radius 1 is 1.14 bits per heavy atom. The van der Waals surface area contributed by atoms with Crippen molar-refractivity contribution in [3.8, 4) is 17.1 Å². The predicted molar refractivity (Wildman–Crippen MR) is 81.0 cm³/mol. The number of nitro benzene ring substituents is 1. The summed E-state index contributed by atoms with van der Waals surface area (Å²) < 4.78 is 5.71. The molecule has 6 heteroatoms. The number of rotatable bonds is 2. The standard InChI is InChI=1S/C16H11NO5/c1-9-15(19)13-7-6-12(18)8-14(13)22-16(9)10-2-4-11(5-3-10)17(20)21/h2-8,18H,1H3. The molecule has 110 valence electrons. The van der Waals surface area contributed by atoms with Gasteiger partial charge in [-0.25, -0.2) is 0 Å². The van der Waals surface area contributed by atoms with Gasteiger partial charge in [-0.3, -0.25) is 14.9 Å². The van der Waals surface area contributed by atoms with Crippen molar-refractivity contribution in [3.63, 3.8) is 0 Å². The molecule has 0 bridgehead atoms. The monoisotopic (exact) mass is 297 g/mol. The molecular weight excluding hydrogens is 286 g/mol. The highest BCUT2D eigenvalue weighted by atomic mass is 16.6. The van der Waals surface area contributed by atoms with E-state index in [0.717, 1.165) is 0 Å². The molecule has 0 aliphatic carbocycles. The molecule has 0 atom stereocenters. The van der Waals surface area contributed by atoms with Crippen LogP contribution in [0.4, 0.5) is 5.69 Å². The molecule has 6 nitrogen and oxygen atoms in total. The Labute approximate surface area is 124 Å². The fourth-order valence-corrected chi connectivity index (χ4v) is 2.28. The van der Waals surface area contributed by atoms with Crippen LogP contribution in [0.1, 0.15) is 5.56 Å². The Balaban J connectivity index is 2.24. The molecule has 1 heterocycles. The molecule has 3 aromatic rings. The molecule has 0 radical (unpaired) electrons. The highest BCUT2D eigenvalue weighted by Crippen LogP contribution is 2.28. The van der Waals surface area contributed by atoms with E-state index in [1.165, 1.54) is 42.5 Å². The normalized spacial score (nSPS) is 10.8. The Morgan fingerprint density at radius 2 is 1.82 bits per heavy atom. The van der Waals surface area contributed by atoms with E-state index in [1.807, 2.05) is 0 Å². The summed E-state index contributed by atoms with van der Waals surface area (Å²) in [5.74, 6) is 0.326. The van der Waals surface area contributed by atoms with Crippen LogP contribution in [-0.2, 0) is 0 Å². The number of hydrogen-bond donors (Lipinski definition) is 1. The Hall–Kier alpha value is -3.15. The van der Waals surface area contributed by atoms with Gasteiger partial charge >= 0.3 is 0 Å². The van der Waals surface area contributed by atoms with Crippen LogP contribution in [0.25, 0.3) is 22.3 Å². The van der Waals surface area contributed by atoms with Crippen molar-refractivity contribution in [1.29, 1.82) is 0 Å². The lowest BCUT2D eigenvalue weighted by molar-refractivity contribution is -0.384. The number of nitrogens with zero attached hydrogens (tertiary/aromatic N) is 1. The maximum atomic E-state index is 12.4. The van der Waals surface area contributed by atoms with E-state index in [0.29, 0.717) is 22.3 Å². The average molecular weight is 297 g/mol. The van der Waals surface area contributed by atoms with Gasteiger partial charge in [0.25, 0.3) is 5.69 Å².